The van der Waals surface area contributed by atoms with Crippen LogP contribution in [0.2, 0.25) is 0 Å². The lowest BCUT2D eigenvalue weighted by Crippen LogP contribution is -2.20. The molecule has 1 aromatic rings. The SMILES string of the molecule is CC(C)C(C)OC(=O)c1ccc(N(C)C)cc1. The summed E-state index contributed by atoms with van der Waals surface area (Å²) in [7, 11) is 3.93. The molecule has 1 atom stereocenters. The minimum atomic E-state index is -0.253. The number of anilines is 1. The highest BCUT2D eigenvalue weighted by molar-refractivity contribution is 5.89. The smallest absolute Gasteiger partial charge is 0.338 e. The Kier molecular flexibility index (Phi) is 4.55. The molecule has 0 aliphatic rings. The van der Waals surface area contributed by atoms with E-state index in [0.717, 1.165) is 5.69 Å². The summed E-state index contributed by atoms with van der Waals surface area (Å²) in [4.78, 5) is 13.8. The fourth-order valence-corrected chi connectivity index (χ4v) is 1.27. The monoisotopic (exact) mass is 235 g/mol. The Morgan fingerprint density at radius 2 is 1.65 bits per heavy atom. The van der Waals surface area contributed by atoms with Gasteiger partial charge in [-0.15, -0.1) is 0 Å². The van der Waals surface area contributed by atoms with Crippen LogP contribution in [-0.2, 0) is 4.74 Å². The fourth-order valence-electron chi connectivity index (χ4n) is 1.27. The summed E-state index contributed by atoms with van der Waals surface area (Å²) in [5.74, 6) is 0.0801. The second-order valence-corrected chi connectivity index (χ2v) is 4.80. The van der Waals surface area contributed by atoms with Crippen molar-refractivity contribution in [1.82, 2.24) is 0 Å². The summed E-state index contributed by atoms with van der Waals surface area (Å²) < 4.78 is 5.35. The lowest BCUT2D eigenvalue weighted by Gasteiger charge is -2.17. The van der Waals surface area contributed by atoms with Crippen LogP contribution in [0.1, 0.15) is 31.1 Å². The van der Waals surface area contributed by atoms with E-state index in [1.807, 2.05) is 51.9 Å². The van der Waals surface area contributed by atoms with Crippen LogP contribution in [0.3, 0.4) is 0 Å². The molecule has 1 aromatic carbocycles. The molecule has 0 aliphatic heterocycles. The lowest BCUT2D eigenvalue weighted by atomic mass is 10.1. The summed E-state index contributed by atoms with van der Waals surface area (Å²) in [5, 5.41) is 0. The Hall–Kier alpha value is -1.51. The first-order valence-corrected chi connectivity index (χ1v) is 5.90. The molecular formula is C14H21NO2. The molecule has 1 rings (SSSR count). The third kappa shape index (κ3) is 3.77. The van der Waals surface area contributed by atoms with Crippen molar-refractivity contribution < 1.29 is 9.53 Å². The first kappa shape index (κ1) is 13.6. The summed E-state index contributed by atoms with van der Waals surface area (Å²) in [6.45, 7) is 5.98. The second-order valence-electron chi connectivity index (χ2n) is 4.80. The Morgan fingerprint density at radius 3 is 2.06 bits per heavy atom. The van der Waals surface area contributed by atoms with Crippen molar-refractivity contribution >= 4 is 11.7 Å². The molecule has 0 saturated carbocycles. The molecule has 3 heteroatoms. The van der Waals surface area contributed by atoms with E-state index in [2.05, 4.69) is 0 Å². The number of hydrogen-bond donors (Lipinski definition) is 0. The van der Waals surface area contributed by atoms with Crippen LogP contribution < -0.4 is 4.90 Å². The number of ether oxygens (including phenoxy) is 1. The average Bonchev–Trinajstić information content (AvgIpc) is 2.28. The highest BCUT2D eigenvalue weighted by Gasteiger charge is 2.14. The van der Waals surface area contributed by atoms with Gasteiger partial charge in [-0.05, 0) is 37.1 Å². The van der Waals surface area contributed by atoms with Gasteiger partial charge in [0.25, 0.3) is 0 Å². The van der Waals surface area contributed by atoms with Crippen molar-refractivity contribution in [1.29, 1.82) is 0 Å². The van der Waals surface area contributed by atoms with Crippen molar-refractivity contribution in [3.63, 3.8) is 0 Å². The zero-order chi connectivity index (χ0) is 13.0. The van der Waals surface area contributed by atoms with Gasteiger partial charge in [0.15, 0.2) is 0 Å². The molecule has 0 aliphatic carbocycles. The molecule has 0 N–H and O–H groups in total. The molecule has 3 nitrogen and oxygen atoms in total. The van der Waals surface area contributed by atoms with Gasteiger partial charge < -0.3 is 9.64 Å². The summed E-state index contributed by atoms with van der Waals surface area (Å²) >= 11 is 0. The van der Waals surface area contributed by atoms with Gasteiger partial charge in [-0.1, -0.05) is 13.8 Å². The molecule has 0 aromatic heterocycles. The van der Waals surface area contributed by atoms with E-state index in [-0.39, 0.29) is 12.1 Å². The van der Waals surface area contributed by atoms with Crippen molar-refractivity contribution in [2.24, 2.45) is 5.92 Å². The van der Waals surface area contributed by atoms with Crippen LogP contribution in [0.4, 0.5) is 5.69 Å². The second kappa shape index (κ2) is 5.71. The zero-order valence-electron chi connectivity index (χ0n) is 11.2. The number of carbonyl (C=O) groups excluding carboxylic acids is 1. The third-order valence-corrected chi connectivity index (χ3v) is 2.85. The largest absolute Gasteiger partial charge is 0.459 e. The van der Waals surface area contributed by atoms with Gasteiger partial charge >= 0.3 is 5.97 Å². The topological polar surface area (TPSA) is 29.5 Å². The number of benzene rings is 1. The van der Waals surface area contributed by atoms with Crippen LogP contribution in [0.5, 0.6) is 0 Å². The third-order valence-electron chi connectivity index (χ3n) is 2.85. The van der Waals surface area contributed by atoms with Crippen molar-refractivity contribution in [3.8, 4) is 0 Å². The van der Waals surface area contributed by atoms with Crippen LogP contribution in [-0.4, -0.2) is 26.2 Å². The van der Waals surface area contributed by atoms with Gasteiger partial charge in [0, 0.05) is 19.8 Å². The van der Waals surface area contributed by atoms with E-state index in [1.165, 1.54) is 0 Å². The molecule has 0 heterocycles. The quantitative estimate of drug-likeness (QED) is 0.751. The molecule has 0 spiro atoms. The molecule has 0 fully saturated rings. The van der Waals surface area contributed by atoms with Crippen molar-refractivity contribution in [2.75, 3.05) is 19.0 Å². The van der Waals surface area contributed by atoms with Crippen molar-refractivity contribution in [2.45, 2.75) is 26.9 Å². The van der Waals surface area contributed by atoms with Gasteiger partial charge in [-0.2, -0.15) is 0 Å². The molecule has 17 heavy (non-hydrogen) atoms. The Balaban J connectivity index is 2.70. The van der Waals surface area contributed by atoms with E-state index in [9.17, 15) is 4.79 Å². The first-order chi connectivity index (χ1) is 7.91. The maximum absolute atomic E-state index is 11.8. The minimum Gasteiger partial charge on any atom is -0.459 e. The molecule has 0 radical (unpaired) electrons. The highest BCUT2D eigenvalue weighted by atomic mass is 16.5. The zero-order valence-corrected chi connectivity index (χ0v) is 11.2. The number of esters is 1. The Bertz CT molecular complexity index is 368. The number of carbonyl (C=O) groups is 1. The van der Waals surface area contributed by atoms with E-state index < -0.39 is 0 Å². The lowest BCUT2D eigenvalue weighted by molar-refractivity contribution is 0.0238. The van der Waals surface area contributed by atoms with E-state index >= 15 is 0 Å². The molecule has 94 valence electrons. The van der Waals surface area contributed by atoms with Gasteiger partial charge in [-0.3, -0.25) is 0 Å². The van der Waals surface area contributed by atoms with Gasteiger partial charge in [-0.25, -0.2) is 4.79 Å². The van der Waals surface area contributed by atoms with E-state index in [0.29, 0.717) is 11.5 Å². The van der Waals surface area contributed by atoms with Crippen LogP contribution in [0, 0.1) is 5.92 Å². The van der Waals surface area contributed by atoms with E-state index in [1.54, 1.807) is 12.1 Å². The van der Waals surface area contributed by atoms with Gasteiger partial charge in [0.05, 0.1) is 5.56 Å². The average molecular weight is 235 g/mol. The van der Waals surface area contributed by atoms with Crippen LogP contribution in [0.15, 0.2) is 24.3 Å². The standard InChI is InChI=1S/C14H21NO2/c1-10(2)11(3)17-14(16)12-6-8-13(9-7-12)15(4)5/h6-11H,1-5H3. The number of hydrogen-bond acceptors (Lipinski definition) is 3. The maximum atomic E-state index is 11.8. The van der Waals surface area contributed by atoms with Crippen LogP contribution >= 0.6 is 0 Å². The normalized spacial score (nSPS) is 12.4. The van der Waals surface area contributed by atoms with Gasteiger partial charge in [0.1, 0.15) is 6.10 Å². The summed E-state index contributed by atoms with van der Waals surface area (Å²) in [6, 6.07) is 7.42. The molecule has 0 saturated heterocycles. The first-order valence-electron chi connectivity index (χ1n) is 5.90. The van der Waals surface area contributed by atoms with Crippen LogP contribution in [0.25, 0.3) is 0 Å². The number of nitrogens with zero attached hydrogens (tertiary/aromatic N) is 1. The molecule has 0 amide bonds. The van der Waals surface area contributed by atoms with Gasteiger partial charge in [0.2, 0.25) is 0 Å². The molecule has 1 unspecified atom stereocenters. The number of rotatable bonds is 4. The minimum absolute atomic E-state index is 0.0592. The predicted molar refractivity (Wildman–Crippen MR) is 70.5 cm³/mol. The highest BCUT2D eigenvalue weighted by Crippen LogP contribution is 2.14. The Morgan fingerprint density at radius 1 is 1.12 bits per heavy atom. The Labute approximate surface area is 103 Å². The fraction of sp³-hybridized carbons (Fsp3) is 0.500. The van der Waals surface area contributed by atoms with Crippen molar-refractivity contribution in [3.05, 3.63) is 29.8 Å². The predicted octanol–water partition coefficient (Wildman–Crippen LogP) is 2.95. The summed E-state index contributed by atoms with van der Waals surface area (Å²) in [6.07, 6.45) is -0.0592. The summed E-state index contributed by atoms with van der Waals surface area (Å²) in [5.41, 5.74) is 1.67. The van der Waals surface area contributed by atoms with E-state index in [4.69, 9.17) is 4.74 Å². The maximum Gasteiger partial charge on any atom is 0.338 e. The molecular weight excluding hydrogens is 214 g/mol. The molecule has 0 bridgehead atoms.